The molecule has 0 bridgehead atoms. The molecule has 3 aromatic rings. The molecule has 0 unspecified atom stereocenters. The highest BCUT2D eigenvalue weighted by atomic mass is 14.8. The Hall–Kier alpha value is -2.69. The summed E-state index contributed by atoms with van der Waals surface area (Å²) in [5, 5.41) is 0. The topological polar surface area (TPSA) is 64.5 Å². The molecule has 0 atom stereocenters. The molecule has 0 spiro atoms. The van der Waals surface area contributed by atoms with Crippen LogP contribution in [0.1, 0.15) is 17.1 Å². The fraction of sp³-hybridized carbons (Fsp3) is 0.188. The van der Waals surface area contributed by atoms with Crippen molar-refractivity contribution in [2.75, 3.05) is 0 Å². The molecule has 5 heteroatoms. The summed E-state index contributed by atoms with van der Waals surface area (Å²) in [6, 6.07) is 7.66. The number of rotatable bonds is 0. The number of pyridine rings is 1. The fourth-order valence-corrected chi connectivity index (χ4v) is 1.20. The largest absolute Gasteiger partial charge is 0.262 e. The smallest absolute Gasteiger partial charge is 0.125 e. The van der Waals surface area contributed by atoms with E-state index in [2.05, 4.69) is 24.9 Å². The predicted molar refractivity (Wildman–Crippen MR) is 82.5 cm³/mol. The second kappa shape index (κ2) is 10.1. The van der Waals surface area contributed by atoms with Crippen LogP contribution in [0.4, 0.5) is 0 Å². The molecule has 0 amide bonds. The Morgan fingerprint density at radius 2 is 1.33 bits per heavy atom. The molecule has 3 heterocycles. The molecule has 0 saturated carbocycles. The van der Waals surface area contributed by atoms with E-state index in [0.29, 0.717) is 0 Å². The first-order chi connectivity index (χ1) is 10.2. The van der Waals surface area contributed by atoms with E-state index in [1.165, 1.54) is 6.33 Å². The maximum absolute atomic E-state index is 3.98. The van der Waals surface area contributed by atoms with Crippen LogP contribution in [0.2, 0.25) is 0 Å². The zero-order chi connectivity index (χ0) is 15.3. The zero-order valence-corrected chi connectivity index (χ0v) is 12.5. The minimum absolute atomic E-state index is 0.822. The van der Waals surface area contributed by atoms with E-state index in [0.717, 1.165) is 17.1 Å². The summed E-state index contributed by atoms with van der Waals surface area (Å²) >= 11 is 0. The highest BCUT2D eigenvalue weighted by Crippen LogP contribution is 1.86. The van der Waals surface area contributed by atoms with Crippen molar-refractivity contribution in [3.05, 3.63) is 78.7 Å². The van der Waals surface area contributed by atoms with Crippen LogP contribution in [0.3, 0.4) is 0 Å². The second-order valence-electron chi connectivity index (χ2n) is 4.18. The Kier molecular flexibility index (Phi) is 7.90. The first kappa shape index (κ1) is 16.4. The van der Waals surface area contributed by atoms with Crippen LogP contribution in [0.5, 0.6) is 0 Å². The summed E-state index contributed by atoms with van der Waals surface area (Å²) in [6.07, 6.45) is 10.3. The second-order valence-corrected chi connectivity index (χ2v) is 4.18. The van der Waals surface area contributed by atoms with Crippen LogP contribution in [-0.4, -0.2) is 24.9 Å². The van der Waals surface area contributed by atoms with Crippen LogP contribution >= 0.6 is 0 Å². The maximum atomic E-state index is 3.98. The average molecular weight is 281 g/mol. The summed E-state index contributed by atoms with van der Waals surface area (Å²) in [6.45, 7) is 5.79. The van der Waals surface area contributed by atoms with Gasteiger partial charge in [-0.3, -0.25) is 4.98 Å². The van der Waals surface area contributed by atoms with Gasteiger partial charge in [-0.1, -0.05) is 6.07 Å². The highest BCUT2D eigenvalue weighted by molar-refractivity contribution is 5.00. The van der Waals surface area contributed by atoms with Crippen molar-refractivity contribution < 1.29 is 0 Å². The zero-order valence-electron chi connectivity index (χ0n) is 12.5. The van der Waals surface area contributed by atoms with Crippen LogP contribution in [-0.2, 0) is 0 Å². The molecular weight excluding hydrogens is 262 g/mol. The van der Waals surface area contributed by atoms with E-state index in [9.17, 15) is 0 Å². The normalized spacial score (nSPS) is 8.71. The molecule has 3 aromatic heterocycles. The molecular formula is C16H19N5. The third-order valence-corrected chi connectivity index (χ3v) is 2.20. The summed E-state index contributed by atoms with van der Waals surface area (Å²) in [4.78, 5) is 19.3. The SMILES string of the molecule is Cc1ccccn1.Cc1cncnc1.Cc1ncccn1. The lowest BCUT2D eigenvalue weighted by Crippen LogP contribution is -1.80. The molecule has 0 fully saturated rings. The van der Waals surface area contributed by atoms with Gasteiger partial charge in [0, 0.05) is 36.7 Å². The molecule has 0 N–H and O–H groups in total. The van der Waals surface area contributed by atoms with Gasteiger partial charge in [-0.15, -0.1) is 0 Å². The minimum Gasteiger partial charge on any atom is -0.262 e. The van der Waals surface area contributed by atoms with E-state index < -0.39 is 0 Å². The number of aryl methyl sites for hydroxylation is 3. The van der Waals surface area contributed by atoms with Crippen molar-refractivity contribution >= 4 is 0 Å². The lowest BCUT2D eigenvalue weighted by atomic mass is 10.4. The quantitative estimate of drug-likeness (QED) is 0.634. The summed E-state index contributed by atoms with van der Waals surface area (Å²) in [7, 11) is 0. The lowest BCUT2D eigenvalue weighted by molar-refractivity contribution is 1.05. The predicted octanol–water partition coefficient (Wildman–Crippen LogP) is 2.96. The minimum atomic E-state index is 0.822. The van der Waals surface area contributed by atoms with Crippen LogP contribution in [0.25, 0.3) is 0 Å². The van der Waals surface area contributed by atoms with Crippen molar-refractivity contribution in [3.8, 4) is 0 Å². The van der Waals surface area contributed by atoms with Gasteiger partial charge in [0.05, 0.1) is 0 Å². The van der Waals surface area contributed by atoms with Crippen LogP contribution in [0.15, 0.2) is 61.6 Å². The molecule has 5 nitrogen and oxygen atoms in total. The van der Waals surface area contributed by atoms with Crippen molar-refractivity contribution in [2.24, 2.45) is 0 Å². The molecule has 0 aliphatic heterocycles. The van der Waals surface area contributed by atoms with E-state index in [4.69, 9.17) is 0 Å². The monoisotopic (exact) mass is 281 g/mol. The van der Waals surface area contributed by atoms with Gasteiger partial charge >= 0.3 is 0 Å². The molecule has 21 heavy (non-hydrogen) atoms. The molecule has 0 aromatic carbocycles. The van der Waals surface area contributed by atoms with Gasteiger partial charge in [0.2, 0.25) is 0 Å². The molecule has 108 valence electrons. The molecule has 0 radical (unpaired) electrons. The van der Waals surface area contributed by atoms with Gasteiger partial charge in [-0.2, -0.15) is 0 Å². The van der Waals surface area contributed by atoms with E-state index in [-0.39, 0.29) is 0 Å². The van der Waals surface area contributed by atoms with Gasteiger partial charge in [-0.25, -0.2) is 19.9 Å². The average Bonchev–Trinajstić information content (AvgIpc) is 2.51. The van der Waals surface area contributed by atoms with Crippen molar-refractivity contribution in [1.82, 2.24) is 24.9 Å². The molecule has 0 aliphatic rings. The Morgan fingerprint density at radius 1 is 0.714 bits per heavy atom. The van der Waals surface area contributed by atoms with E-state index >= 15 is 0 Å². The third kappa shape index (κ3) is 8.93. The Morgan fingerprint density at radius 3 is 1.62 bits per heavy atom. The van der Waals surface area contributed by atoms with E-state index in [1.54, 1.807) is 37.1 Å². The Labute approximate surface area is 125 Å². The van der Waals surface area contributed by atoms with Crippen molar-refractivity contribution in [2.45, 2.75) is 20.8 Å². The first-order valence-electron chi connectivity index (χ1n) is 6.51. The lowest BCUT2D eigenvalue weighted by Gasteiger charge is -1.82. The van der Waals surface area contributed by atoms with Crippen LogP contribution < -0.4 is 0 Å². The fourth-order valence-electron chi connectivity index (χ4n) is 1.20. The van der Waals surface area contributed by atoms with Gasteiger partial charge in [0.15, 0.2) is 0 Å². The van der Waals surface area contributed by atoms with Gasteiger partial charge in [0.1, 0.15) is 12.2 Å². The van der Waals surface area contributed by atoms with E-state index in [1.807, 2.05) is 39.0 Å². The van der Waals surface area contributed by atoms with Gasteiger partial charge < -0.3 is 0 Å². The standard InChI is InChI=1S/C6H7N.2C5H6N2/c1-6-4-2-3-5-7-6;1-5-2-6-4-7-3-5;1-5-6-3-2-4-7-5/h2-5H,1H3;2*2-4H,1H3. The molecule has 0 aliphatic carbocycles. The van der Waals surface area contributed by atoms with Gasteiger partial charge in [-0.05, 0) is 44.5 Å². The van der Waals surface area contributed by atoms with Crippen molar-refractivity contribution in [3.63, 3.8) is 0 Å². The number of hydrogen-bond donors (Lipinski definition) is 0. The maximum Gasteiger partial charge on any atom is 0.125 e. The first-order valence-corrected chi connectivity index (χ1v) is 6.51. The van der Waals surface area contributed by atoms with Crippen LogP contribution in [0, 0.1) is 20.8 Å². The Bertz CT molecular complexity index is 496. The highest BCUT2D eigenvalue weighted by Gasteiger charge is 1.75. The Balaban J connectivity index is 0.000000157. The summed E-state index contributed by atoms with van der Waals surface area (Å²) < 4.78 is 0. The molecule has 3 rings (SSSR count). The van der Waals surface area contributed by atoms with Crippen molar-refractivity contribution in [1.29, 1.82) is 0 Å². The van der Waals surface area contributed by atoms with Gasteiger partial charge in [0.25, 0.3) is 0 Å². The number of aromatic nitrogens is 5. The summed E-state index contributed by atoms with van der Waals surface area (Å²) in [5.74, 6) is 0.822. The third-order valence-electron chi connectivity index (χ3n) is 2.20. The summed E-state index contributed by atoms with van der Waals surface area (Å²) in [5.41, 5.74) is 2.17. The molecule has 0 saturated heterocycles. The number of nitrogens with zero attached hydrogens (tertiary/aromatic N) is 5. The number of hydrogen-bond acceptors (Lipinski definition) is 5.